The summed E-state index contributed by atoms with van der Waals surface area (Å²) in [4.78, 5) is 0. The van der Waals surface area contributed by atoms with Crippen LogP contribution in [-0.4, -0.2) is 22.6 Å². The molecular formula is C33H52P2Rh+2. The summed E-state index contributed by atoms with van der Waals surface area (Å²) in [5.74, 6) is 0.969. The maximum absolute atomic E-state index is 2.77. The zero-order valence-corrected chi connectivity index (χ0v) is 26.8. The zero-order valence-electron chi connectivity index (χ0n) is 23.2. The maximum atomic E-state index is 2.77. The average molecular weight is 614 g/mol. The molecule has 0 spiro atoms. The quantitative estimate of drug-likeness (QED) is 0.166. The topological polar surface area (TPSA) is 0 Å². The number of benzene rings is 2. The first kappa shape index (κ1) is 32.1. The Labute approximate surface area is 239 Å². The van der Waals surface area contributed by atoms with E-state index in [4.69, 9.17) is 0 Å². The molecule has 3 aliphatic rings. The van der Waals surface area contributed by atoms with Crippen LogP contribution in [0.25, 0.3) is 0 Å². The fraction of sp³-hybridized carbons (Fsp3) is 0.576. The van der Waals surface area contributed by atoms with Crippen molar-refractivity contribution in [3.05, 3.63) is 75.5 Å². The Balaban J connectivity index is 0.00000152. The van der Waals surface area contributed by atoms with E-state index >= 15 is 0 Å². The van der Waals surface area contributed by atoms with Gasteiger partial charge < -0.3 is 14.9 Å². The Hall–Kier alpha value is -0.0766. The van der Waals surface area contributed by atoms with Crippen LogP contribution in [-0.2, 0) is 19.5 Å². The Morgan fingerprint density at radius 2 is 1.03 bits per heavy atom. The van der Waals surface area contributed by atoms with E-state index in [1.807, 2.05) is 0 Å². The first-order valence-electron chi connectivity index (χ1n) is 14.2. The predicted molar refractivity (Wildman–Crippen MR) is 166 cm³/mol. The fourth-order valence-electron chi connectivity index (χ4n) is 7.97. The third-order valence-electron chi connectivity index (χ3n) is 9.43. The van der Waals surface area contributed by atoms with Gasteiger partial charge in [-0.1, -0.05) is 49.2 Å². The summed E-state index contributed by atoms with van der Waals surface area (Å²) in [6.07, 6.45) is 19.8. The number of rotatable bonds is 7. The van der Waals surface area contributed by atoms with Crippen LogP contribution in [0.1, 0.15) is 90.4 Å². The largest absolute Gasteiger partial charge is 2.00 e. The second-order valence-electron chi connectivity index (χ2n) is 11.3. The molecule has 0 saturated heterocycles. The summed E-state index contributed by atoms with van der Waals surface area (Å²) < 4.78 is 0. The molecule has 0 nitrogen and oxygen atoms in total. The Morgan fingerprint density at radius 3 is 1.47 bits per heavy atom. The van der Waals surface area contributed by atoms with Gasteiger partial charge in [-0.15, -0.1) is 0 Å². The van der Waals surface area contributed by atoms with Gasteiger partial charge in [0.1, 0.15) is 0 Å². The van der Waals surface area contributed by atoms with Crippen molar-refractivity contribution in [3.63, 3.8) is 0 Å². The van der Waals surface area contributed by atoms with E-state index < -0.39 is 7.92 Å². The second-order valence-corrected chi connectivity index (χ2v) is 17.6. The van der Waals surface area contributed by atoms with Crippen LogP contribution in [0.3, 0.4) is 0 Å². The molecule has 3 aliphatic carbocycles. The SMILES string of the molecule is C[C@H](C1CCC[C@H]1[PH+](c1ccccc1)c1ccccc1)[PH+](C1CCCCC1)C1CCCCC1.[CH3-].[CH3-].[Rh+2]. The first-order valence-corrected chi connectivity index (χ1v) is 17.5. The molecule has 0 amide bonds. The first-order chi connectivity index (χ1) is 16.3. The molecular weight excluding hydrogens is 561 g/mol. The van der Waals surface area contributed by atoms with E-state index in [1.54, 1.807) is 36.3 Å². The molecule has 1 radical (unpaired) electrons. The summed E-state index contributed by atoms with van der Waals surface area (Å²) in [6, 6.07) is 23.4. The van der Waals surface area contributed by atoms with Gasteiger partial charge >= 0.3 is 19.5 Å². The van der Waals surface area contributed by atoms with E-state index in [0.717, 1.165) is 28.6 Å². The molecule has 36 heavy (non-hydrogen) atoms. The molecule has 2 aromatic rings. The molecule has 3 atom stereocenters. The minimum Gasteiger partial charge on any atom is -0.358 e. The molecule has 5 rings (SSSR count). The van der Waals surface area contributed by atoms with Gasteiger partial charge in [-0.3, -0.25) is 0 Å². The molecule has 3 fully saturated rings. The van der Waals surface area contributed by atoms with Crippen LogP contribution >= 0.6 is 15.8 Å². The third kappa shape index (κ3) is 7.52. The van der Waals surface area contributed by atoms with Gasteiger partial charge in [0.25, 0.3) is 0 Å². The molecule has 2 aromatic carbocycles. The van der Waals surface area contributed by atoms with Crippen LogP contribution in [0.15, 0.2) is 60.7 Å². The van der Waals surface area contributed by atoms with Crippen LogP contribution in [0, 0.1) is 20.8 Å². The molecule has 0 aliphatic heterocycles. The Bertz CT molecular complexity index is 772. The van der Waals surface area contributed by atoms with Gasteiger partial charge in [0.2, 0.25) is 0 Å². The summed E-state index contributed by atoms with van der Waals surface area (Å²) in [5.41, 5.74) is 4.16. The van der Waals surface area contributed by atoms with Crippen LogP contribution in [0.2, 0.25) is 0 Å². The summed E-state index contributed by atoms with van der Waals surface area (Å²) in [6.45, 7) is 2.77. The van der Waals surface area contributed by atoms with Crippen molar-refractivity contribution in [1.29, 1.82) is 0 Å². The van der Waals surface area contributed by atoms with Crippen molar-refractivity contribution in [1.82, 2.24) is 0 Å². The molecule has 1 unspecified atom stereocenters. The number of hydrogen-bond acceptors (Lipinski definition) is 0. The molecule has 0 heterocycles. The minimum atomic E-state index is -0.747. The standard InChI is InChI=1S/C31H44P2.2CH3.Rh/c1-25(32(26-15-6-2-7-16-26)27-17-8-3-9-18-27)30-23-14-24-31(30)33(28-19-10-4-11-20-28)29-21-12-5-13-22-29;;;/h4-5,10-13,19-22,25-27,30-31H,2-3,6-9,14-18,23-24H2,1H3;2*1H3;/q;2*-1;+2/p+2/t25-,30?,31-;;;/m1.../s1. The van der Waals surface area contributed by atoms with Crippen molar-refractivity contribution in [2.75, 3.05) is 0 Å². The van der Waals surface area contributed by atoms with Gasteiger partial charge in [-0.05, 0) is 102 Å². The van der Waals surface area contributed by atoms with Gasteiger partial charge in [-0.2, -0.15) is 0 Å². The molecule has 3 heteroatoms. The van der Waals surface area contributed by atoms with Gasteiger partial charge in [0.05, 0.1) is 41.2 Å². The average Bonchev–Trinajstić information content (AvgIpc) is 3.36. The van der Waals surface area contributed by atoms with E-state index in [2.05, 4.69) is 67.6 Å². The Kier molecular flexibility index (Phi) is 14.4. The zero-order chi connectivity index (χ0) is 22.5. The van der Waals surface area contributed by atoms with E-state index in [-0.39, 0.29) is 42.3 Å². The third-order valence-corrected chi connectivity index (χ3v) is 17.3. The molecule has 0 aromatic heterocycles. The van der Waals surface area contributed by atoms with Gasteiger partial charge in [-0.25, -0.2) is 0 Å². The van der Waals surface area contributed by atoms with Gasteiger partial charge in [0.15, 0.2) is 0 Å². The van der Waals surface area contributed by atoms with Crippen molar-refractivity contribution in [2.45, 2.75) is 113 Å². The normalized spacial score (nSPS) is 24.0. The molecule has 0 N–H and O–H groups in total. The second kappa shape index (κ2) is 16.1. The van der Waals surface area contributed by atoms with Crippen molar-refractivity contribution >= 4 is 26.5 Å². The Morgan fingerprint density at radius 1 is 0.583 bits per heavy atom. The van der Waals surface area contributed by atoms with Gasteiger partial charge in [0, 0.05) is 13.8 Å². The number of hydrogen-bond donors (Lipinski definition) is 0. The van der Waals surface area contributed by atoms with Crippen molar-refractivity contribution in [3.8, 4) is 0 Å². The van der Waals surface area contributed by atoms with E-state index in [0.29, 0.717) is 0 Å². The van der Waals surface area contributed by atoms with Crippen LogP contribution in [0.5, 0.6) is 0 Å². The van der Waals surface area contributed by atoms with Crippen LogP contribution in [0.4, 0.5) is 0 Å². The van der Waals surface area contributed by atoms with Crippen molar-refractivity contribution in [2.24, 2.45) is 5.92 Å². The summed E-state index contributed by atoms with van der Waals surface area (Å²) in [7, 11) is -1.07. The summed E-state index contributed by atoms with van der Waals surface area (Å²) in [5, 5.41) is 3.31. The minimum absolute atomic E-state index is 0. The van der Waals surface area contributed by atoms with Crippen LogP contribution < -0.4 is 10.6 Å². The van der Waals surface area contributed by atoms with E-state index in [9.17, 15) is 0 Å². The molecule has 3 saturated carbocycles. The summed E-state index contributed by atoms with van der Waals surface area (Å²) >= 11 is 0. The predicted octanol–water partition coefficient (Wildman–Crippen LogP) is 9.19. The molecule has 201 valence electrons. The fourth-order valence-corrected chi connectivity index (χ4v) is 17.0. The monoisotopic (exact) mass is 613 g/mol. The molecule has 0 bridgehead atoms. The van der Waals surface area contributed by atoms with Crippen molar-refractivity contribution < 1.29 is 19.5 Å². The van der Waals surface area contributed by atoms with E-state index in [1.165, 1.54) is 57.8 Å². The maximum Gasteiger partial charge on any atom is 2.00 e. The smallest absolute Gasteiger partial charge is 0.358 e.